The molecule has 7 heteroatoms. The van der Waals surface area contributed by atoms with Gasteiger partial charge in [0.05, 0.1) is 6.61 Å². The van der Waals surface area contributed by atoms with E-state index < -0.39 is 10.4 Å². The average molecular weight is 189 g/mol. The van der Waals surface area contributed by atoms with E-state index in [4.69, 9.17) is 9.66 Å². The number of aliphatic hydroxyl groups excluding tert-OH is 1. The minimum absolute atomic E-state index is 0. The van der Waals surface area contributed by atoms with Crippen molar-refractivity contribution < 1.29 is 22.3 Å². The van der Waals surface area contributed by atoms with Gasteiger partial charge in [0.25, 0.3) is 0 Å². The molecule has 0 aliphatic heterocycles. The summed E-state index contributed by atoms with van der Waals surface area (Å²) in [6.07, 6.45) is 0. The topological polar surface area (TPSA) is 119 Å². The Kier molecular flexibility index (Phi) is 15.2. The molecule has 0 spiro atoms. The van der Waals surface area contributed by atoms with Gasteiger partial charge < -0.3 is 11.3 Å². The monoisotopic (exact) mass is 189 g/mol. The van der Waals surface area contributed by atoms with Crippen LogP contribution in [0.15, 0.2) is 0 Å². The van der Waals surface area contributed by atoms with Crippen LogP contribution in [-0.4, -0.2) is 31.3 Å². The molecule has 0 aromatic heterocycles. The number of hydrogen-bond donors (Lipinski definition) is 3. The number of rotatable bonds is 2. The quantitative estimate of drug-likeness (QED) is 0.525. The van der Waals surface area contributed by atoms with Gasteiger partial charge in [-0.15, -0.1) is 0 Å². The number of aliphatic hydroxyl groups is 1. The van der Waals surface area contributed by atoms with Gasteiger partial charge in [-0.25, -0.2) is 4.18 Å². The van der Waals surface area contributed by atoms with Crippen LogP contribution in [0.4, 0.5) is 0 Å². The van der Waals surface area contributed by atoms with Crippen molar-refractivity contribution in [1.29, 1.82) is 0 Å². The molecule has 5 N–H and O–H groups in total. The fraction of sp³-hybridized carbons (Fsp3) is 1.00. The second-order valence-corrected chi connectivity index (χ2v) is 2.24. The minimum atomic E-state index is -4.17. The molecule has 0 saturated carbocycles. The summed E-state index contributed by atoms with van der Waals surface area (Å²) in [6.45, 7) is 3.37. The predicted molar refractivity (Wildman–Crippen MR) is 41.0 cm³/mol. The first-order valence-electron chi connectivity index (χ1n) is 2.70. The van der Waals surface area contributed by atoms with Crippen LogP contribution >= 0.6 is 0 Å². The standard InChI is InChI=1S/C2H6O4S.C2H6O.H3N/c1-2-6-7(3,4)5;1-2-3;/h2H2,1H3,(H,3,4,5);3H,2H2,1H3;1H3. The Bertz CT molecular complexity index is 143. The van der Waals surface area contributed by atoms with E-state index in [-0.39, 0.29) is 19.4 Å². The van der Waals surface area contributed by atoms with Crippen LogP contribution in [0.25, 0.3) is 0 Å². The van der Waals surface area contributed by atoms with E-state index in [2.05, 4.69) is 4.18 Å². The van der Waals surface area contributed by atoms with E-state index in [0.717, 1.165) is 0 Å². The smallest absolute Gasteiger partial charge is 0.397 e. The van der Waals surface area contributed by atoms with E-state index in [1.807, 2.05) is 0 Å². The van der Waals surface area contributed by atoms with Gasteiger partial charge >= 0.3 is 10.4 Å². The van der Waals surface area contributed by atoms with Crippen LogP contribution in [0, 0.1) is 0 Å². The highest BCUT2D eigenvalue weighted by Crippen LogP contribution is 1.81. The normalized spacial score (nSPS) is 9.09. The van der Waals surface area contributed by atoms with Crippen molar-refractivity contribution >= 4 is 10.4 Å². The fourth-order valence-electron chi connectivity index (χ4n) is 0.149. The van der Waals surface area contributed by atoms with Gasteiger partial charge in [0, 0.05) is 6.61 Å². The third kappa shape index (κ3) is 41.4. The van der Waals surface area contributed by atoms with E-state index >= 15 is 0 Å². The molecule has 0 unspecified atom stereocenters. The highest BCUT2D eigenvalue weighted by atomic mass is 32.3. The Labute approximate surface area is 66.7 Å². The molecule has 0 rings (SSSR count). The molecule has 0 radical (unpaired) electrons. The molecule has 0 amide bonds. The van der Waals surface area contributed by atoms with Gasteiger partial charge in [0.2, 0.25) is 0 Å². The molecule has 0 aliphatic carbocycles. The molecule has 0 aromatic rings. The molecule has 6 nitrogen and oxygen atoms in total. The summed E-state index contributed by atoms with van der Waals surface area (Å²) < 4.78 is 30.7. The first-order chi connectivity index (χ1) is 4.47. The molecule has 0 saturated heterocycles. The van der Waals surface area contributed by atoms with Crippen LogP contribution < -0.4 is 6.15 Å². The zero-order chi connectivity index (χ0) is 8.62. The van der Waals surface area contributed by atoms with Crippen LogP contribution in [0.1, 0.15) is 13.8 Å². The highest BCUT2D eigenvalue weighted by Gasteiger charge is 1.98. The predicted octanol–water partition coefficient (Wildman–Crippen LogP) is -0.0137. The third-order valence-electron chi connectivity index (χ3n) is 0.267. The van der Waals surface area contributed by atoms with Crippen molar-refractivity contribution in [2.75, 3.05) is 13.2 Å². The molecule has 0 aliphatic rings. The summed E-state index contributed by atoms with van der Waals surface area (Å²) >= 11 is 0. The molecule has 0 heterocycles. The van der Waals surface area contributed by atoms with E-state index in [1.54, 1.807) is 6.92 Å². The van der Waals surface area contributed by atoms with Crippen molar-refractivity contribution in [3.8, 4) is 0 Å². The maximum Gasteiger partial charge on any atom is 0.397 e. The van der Waals surface area contributed by atoms with Crippen molar-refractivity contribution in [3.63, 3.8) is 0 Å². The maximum atomic E-state index is 9.56. The highest BCUT2D eigenvalue weighted by molar-refractivity contribution is 7.80. The largest absolute Gasteiger partial charge is 0.397 e. The first kappa shape index (κ1) is 17.0. The van der Waals surface area contributed by atoms with Gasteiger partial charge in [-0.1, -0.05) is 0 Å². The van der Waals surface area contributed by atoms with E-state index in [0.29, 0.717) is 0 Å². The maximum absolute atomic E-state index is 9.56. The van der Waals surface area contributed by atoms with Gasteiger partial charge in [0.1, 0.15) is 0 Å². The SMILES string of the molecule is CCO.CCOS(=O)(=O)O.N. The molecule has 11 heavy (non-hydrogen) atoms. The lowest BCUT2D eigenvalue weighted by atomic mass is 10.9. The Hall–Kier alpha value is -0.210. The zero-order valence-corrected chi connectivity index (χ0v) is 7.47. The van der Waals surface area contributed by atoms with Crippen molar-refractivity contribution in [3.05, 3.63) is 0 Å². The van der Waals surface area contributed by atoms with Crippen molar-refractivity contribution in [2.45, 2.75) is 13.8 Å². The molecule has 72 valence electrons. The van der Waals surface area contributed by atoms with Crippen LogP contribution in [0.3, 0.4) is 0 Å². The molecular weight excluding hydrogens is 174 g/mol. The second-order valence-electron chi connectivity index (χ2n) is 1.15. The molecule has 0 atom stereocenters. The lowest BCUT2D eigenvalue weighted by Crippen LogP contribution is -2.01. The van der Waals surface area contributed by atoms with Gasteiger partial charge in [-0.2, -0.15) is 8.42 Å². The molecule has 0 bridgehead atoms. The summed E-state index contributed by atoms with van der Waals surface area (Å²) in [7, 11) is -4.17. The van der Waals surface area contributed by atoms with Crippen molar-refractivity contribution in [1.82, 2.24) is 6.15 Å². The minimum Gasteiger partial charge on any atom is -0.397 e. The Balaban J connectivity index is -0.000000140. The van der Waals surface area contributed by atoms with Crippen LogP contribution in [-0.2, 0) is 14.6 Å². The lowest BCUT2D eigenvalue weighted by molar-refractivity contribution is 0.283. The van der Waals surface area contributed by atoms with Crippen LogP contribution in [0.2, 0.25) is 0 Å². The summed E-state index contributed by atoms with van der Waals surface area (Å²) in [4.78, 5) is 0. The van der Waals surface area contributed by atoms with Crippen molar-refractivity contribution in [2.24, 2.45) is 0 Å². The molecule has 0 fully saturated rings. The molecule has 0 aromatic carbocycles. The van der Waals surface area contributed by atoms with E-state index in [9.17, 15) is 8.42 Å². The van der Waals surface area contributed by atoms with Gasteiger partial charge in [0.15, 0.2) is 0 Å². The first-order valence-corrected chi connectivity index (χ1v) is 4.07. The van der Waals surface area contributed by atoms with Gasteiger partial charge in [-0.3, -0.25) is 4.55 Å². The molecular formula is C4H15NO5S. The van der Waals surface area contributed by atoms with E-state index in [1.165, 1.54) is 6.92 Å². The summed E-state index contributed by atoms with van der Waals surface area (Å²) in [6, 6.07) is 0. The van der Waals surface area contributed by atoms with Crippen LogP contribution in [0.5, 0.6) is 0 Å². The summed E-state index contributed by atoms with van der Waals surface area (Å²) in [5, 5.41) is 7.57. The van der Waals surface area contributed by atoms with Gasteiger partial charge in [-0.05, 0) is 13.8 Å². The lowest BCUT2D eigenvalue weighted by Gasteiger charge is -1.88. The summed E-state index contributed by atoms with van der Waals surface area (Å²) in [5.41, 5.74) is 0. The Morgan fingerprint density at radius 2 is 1.64 bits per heavy atom. The average Bonchev–Trinajstić information content (AvgIpc) is 1.63. The zero-order valence-electron chi connectivity index (χ0n) is 6.65. The Morgan fingerprint density at radius 3 is 1.64 bits per heavy atom. The number of hydrogen-bond acceptors (Lipinski definition) is 5. The fourth-order valence-corrected chi connectivity index (χ4v) is 0.447. The second kappa shape index (κ2) is 9.79. The summed E-state index contributed by atoms with van der Waals surface area (Å²) in [5.74, 6) is 0. The Morgan fingerprint density at radius 1 is 1.36 bits per heavy atom. The third-order valence-corrected chi connectivity index (χ3v) is 0.800.